The second kappa shape index (κ2) is 19.5. The molecule has 0 bridgehead atoms. The number of urea groups is 1. The van der Waals surface area contributed by atoms with Gasteiger partial charge < -0.3 is 41.8 Å². The van der Waals surface area contributed by atoms with Gasteiger partial charge in [-0.25, -0.2) is 9.59 Å². The van der Waals surface area contributed by atoms with Crippen molar-refractivity contribution in [3.05, 3.63) is 73.7 Å². The highest BCUT2D eigenvalue weighted by Gasteiger charge is 2.34. The lowest BCUT2D eigenvalue weighted by Crippen LogP contribution is -2.58. The van der Waals surface area contributed by atoms with Crippen LogP contribution in [-0.4, -0.2) is 106 Å². The van der Waals surface area contributed by atoms with Crippen LogP contribution in [0.4, 0.5) is 10.5 Å². The van der Waals surface area contributed by atoms with Crippen LogP contribution in [0.2, 0.25) is 0 Å². The molecule has 3 aliphatic rings. The number of carbonyl (C=O) groups excluding carboxylic acids is 3. The van der Waals surface area contributed by atoms with Gasteiger partial charge in [0.2, 0.25) is 11.8 Å². The number of rotatable bonds is 13. The van der Waals surface area contributed by atoms with Crippen molar-refractivity contribution in [2.45, 2.75) is 94.8 Å². The van der Waals surface area contributed by atoms with Crippen molar-refractivity contribution in [1.29, 1.82) is 0 Å². The highest BCUT2D eigenvalue weighted by Crippen LogP contribution is 2.30. The molecule has 1 aromatic heterocycles. The number of nitrogen functional groups attached to an aromatic ring is 1. The number of hydrogen-bond donors (Lipinski definition) is 5. The molecular formula is C40H55Br2N9O4. The first-order chi connectivity index (χ1) is 26.6. The first-order valence-corrected chi connectivity index (χ1v) is 21.4. The summed E-state index contributed by atoms with van der Waals surface area (Å²) in [5.41, 5.74) is 14.8. The van der Waals surface area contributed by atoms with Gasteiger partial charge in [0.1, 0.15) is 12.1 Å². The summed E-state index contributed by atoms with van der Waals surface area (Å²) in [6, 6.07) is 11.7. The number of nitrogens with zero attached hydrogens (tertiary/aromatic N) is 4. The zero-order valence-corrected chi connectivity index (χ0v) is 34.7. The molecule has 2 aromatic carbocycles. The van der Waals surface area contributed by atoms with Gasteiger partial charge in [0.15, 0.2) is 0 Å². The number of aromatic amines is 1. The Bertz CT molecular complexity index is 1790. The first-order valence-electron chi connectivity index (χ1n) is 19.8. The Morgan fingerprint density at radius 2 is 1.45 bits per heavy atom. The standard InChI is InChI=1S/C40H55Br2N9O4/c41-31-23-27(24-32(42)36(31)44)25-34(46-39(54)50-21-14-30(15-22-50)51-26-35(47-40(51)55)28-9-3-1-4-10-28)37(52)45-33(11-5-6-16-43)38(53)49-19-12-29(13-20-49)48-17-7-2-8-18-48/h1,3-4,9-10,23-24,26,29-30,33-34H,2,5-8,11-22,25,43-44H2,(H,45,52)(H,46,54)(H,47,55)/t33-,34+/m0/s1. The summed E-state index contributed by atoms with van der Waals surface area (Å²) in [6.07, 6.45) is 10.7. The molecule has 4 heterocycles. The van der Waals surface area contributed by atoms with Gasteiger partial charge in [-0.05, 0) is 133 Å². The number of anilines is 1. The number of likely N-dealkylation sites (tertiary alicyclic amines) is 3. The summed E-state index contributed by atoms with van der Waals surface area (Å²) in [5, 5.41) is 6.06. The Morgan fingerprint density at radius 3 is 2.11 bits per heavy atom. The largest absolute Gasteiger partial charge is 0.397 e. The van der Waals surface area contributed by atoms with Crippen LogP contribution in [0.1, 0.15) is 75.8 Å². The Balaban J connectivity index is 1.13. The molecule has 3 fully saturated rings. The molecule has 2 atom stereocenters. The molecule has 13 nitrogen and oxygen atoms in total. The average Bonchev–Trinajstić information content (AvgIpc) is 3.61. The molecule has 4 amide bonds. The number of benzene rings is 2. The molecule has 0 unspecified atom stereocenters. The Labute approximate surface area is 340 Å². The fourth-order valence-electron chi connectivity index (χ4n) is 8.21. The molecule has 3 aliphatic heterocycles. The van der Waals surface area contributed by atoms with Gasteiger partial charge in [-0.15, -0.1) is 0 Å². The van der Waals surface area contributed by atoms with Gasteiger partial charge in [-0.1, -0.05) is 36.8 Å². The minimum absolute atomic E-state index is 0.0703. The van der Waals surface area contributed by atoms with Gasteiger partial charge in [0, 0.05) is 59.8 Å². The van der Waals surface area contributed by atoms with Crippen LogP contribution in [0.5, 0.6) is 0 Å². The van der Waals surface area contributed by atoms with Crippen molar-refractivity contribution < 1.29 is 14.4 Å². The lowest BCUT2D eigenvalue weighted by Gasteiger charge is -2.41. The van der Waals surface area contributed by atoms with Crippen molar-refractivity contribution in [2.75, 3.05) is 51.5 Å². The van der Waals surface area contributed by atoms with Crippen LogP contribution in [0, 0.1) is 0 Å². The number of unbranched alkanes of at least 4 members (excludes halogenated alkanes) is 1. The van der Waals surface area contributed by atoms with Crippen molar-refractivity contribution in [1.82, 2.24) is 34.9 Å². The van der Waals surface area contributed by atoms with Crippen molar-refractivity contribution in [3.63, 3.8) is 0 Å². The molecule has 6 rings (SSSR count). The average molecular weight is 886 g/mol. The molecule has 15 heteroatoms. The number of H-pyrrole nitrogens is 1. The van der Waals surface area contributed by atoms with E-state index in [1.165, 1.54) is 19.3 Å². The normalized spacial score (nSPS) is 18.5. The molecule has 3 aromatic rings. The predicted molar refractivity (Wildman–Crippen MR) is 222 cm³/mol. The van der Waals surface area contributed by atoms with E-state index in [2.05, 4.69) is 52.4 Å². The summed E-state index contributed by atoms with van der Waals surface area (Å²) in [7, 11) is 0. The van der Waals surface area contributed by atoms with Crippen LogP contribution in [0.3, 0.4) is 0 Å². The smallest absolute Gasteiger partial charge is 0.326 e. The third kappa shape index (κ3) is 10.6. The number of amides is 4. The summed E-state index contributed by atoms with van der Waals surface area (Å²) in [5.74, 6) is -0.503. The molecule has 298 valence electrons. The number of nitrogens with one attached hydrogen (secondary N) is 3. The molecular weight excluding hydrogens is 830 g/mol. The number of nitrogens with two attached hydrogens (primary N) is 2. The third-order valence-corrected chi connectivity index (χ3v) is 12.7. The number of carbonyl (C=O) groups is 3. The number of aromatic nitrogens is 2. The monoisotopic (exact) mass is 883 g/mol. The van der Waals surface area contributed by atoms with E-state index in [1.807, 2.05) is 53.6 Å². The number of halogens is 2. The lowest BCUT2D eigenvalue weighted by atomic mass is 9.98. The predicted octanol–water partition coefficient (Wildman–Crippen LogP) is 5.00. The highest BCUT2D eigenvalue weighted by atomic mass is 79.9. The second-order valence-corrected chi connectivity index (χ2v) is 16.9. The number of hydrogen-bond acceptors (Lipinski definition) is 7. The Hall–Kier alpha value is -3.66. The summed E-state index contributed by atoms with van der Waals surface area (Å²) < 4.78 is 3.06. The molecule has 0 spiro atoms. The zero-order valence-electron chi connectivity index (χ0n) is 31.5. The van der Waals surface area contributed by atoms with E-state index in [9.17, 15) is 19.2 Å². The van der Waals surface area contributed by atoms with E-state index >= 15 is 0 Å². The van der Waals surface area contributed by atoms with Crippen LogP contribution >= 0.6 is 31.9 Å². The number of imidazole rings is 1. The minimum Gasteiger partial charge on any atom is -0.397 e. The minimum atomic E-state index is -0.969. The van der Waals surface area contributed by atoms with Crippen LogP contribution in [-0.2, 0) is 16.0 Å². The summed E-state index contributed by atoms with van der Waals surface area (Å²) in [4.78, 5) is 64.2. The van der Waals surface area contributed by atoms with E-state index in [0.29, 0.717) is 79.1 Å². The van der Waals surface area contributed by atoms with E-state index in [4.69, 9.17) is 11.5 Å². The molecule has 0 radical (unpaired) electrons. The first kappa shape index (κ1) is 41.0. The fraction of sp³-hybridized carbons (Fsp3) is 0.550. The third-order valence-electron chi connectivity index (χ3n) is 11.4. The molecule has 7 N–H and O–H groups in total. The maximum Gasteiger partial charge on any atom is 0.326 e. The summed E-state index contributed by atoms with van der Waals surface area (Å²) >= 11 is 7.02. The molecule has 55 heavy (non-hydrogen) atoms. The maximum atomic E-state index is 14.2. The number of piperidine rings is 3. The van der Waals surface area contributed by atoms with E-state index in [1.54, 1.807) is 9.47 Å². The SMILES string of the molecule is NCCCC[C@H](NC(=O)[C@@H](Cc1cc(Br)c(N)c(Br)c1)NC(=O)N1CCC(n2cc(-c3ccccc3)[nH]c2=O)CC1)C(=O)N1CCC(N2CCCCC2)CC1. The van der Waals surface area contributed by atoms with Gasteiger partial charge >= 0.3 is 11.7 Å². The van der Waals surface area contributed by atoms with Gasteiger partial charge in [-0.2, -0.15) is 0 Å². The van der Waals surface area contributed by atoms with Crippen LogP contribution < -0.4 is 27.8 Å². The Morgan fingerprint density at radius 1 is 0.818 bits per heavy atom. The molecule has 0 saturated carbocycles. The van der Waals surface area contributed by atoms with Crippen LogP contribution in [0.15, 0.2) is 62.4 Å². The molecule has 0 aliphatic carbocycles. The van der Waals surface area contributed by atoms with Gasteiger partial charge in [-0.3, -0.25) is 14.2 Å². The van der Waals surface area contributed by atoms with E-state index in [0.717, 1.165) is 49.2 Å². The quantitative estimate of drug-likeness (QED) is 0.119. The summed E-state index contributed by atoms with van der Waals surface area (Å²) in [6.45, 7) is 4.91. The topological polar surface area (TPSA) is 175 Å². The second-order valence-electron chi connectivity index (χ2n) is 15.1. The van der Waals surface area contributed by atoms with E-state index < -0.39 is 18.0 Å². The maximum absolute atomic E-state index is 14.2. The van der Waals surface area contributed by atoms with E-state index in [-0.39, 0.29) is 30.1 Å². The van der Waals surface area contributed by atoms with Crippen molar-refractivity contribution in [2.24, 2.45) is 5.73 Å². The fourth-order valence-corrected chi connectivity index (χ4v) is 9.49. The van der Waals surface area contributed by atoms with Crippen molar-refractivity contribution in [3.8, 4) is 11.3 Å². The zero-order chi connectivity index (χ0) is 38.9. The highest BCUT2D eigenvalue weighted by molar-refractivity contribution is 9.11. The van der Waals surface area contributed by atoms with Crippen molar-refractivity contribution >= 4 is 55.4 Å². The molecule has 3 saturated heterocycles. The Kier molecular flexibility index (Phi) is 14.5. The van der Waals surface area contributed by atoms with Gasteiger partial charge in [0.25, 0.3) is 0 Å². The van der Waals surface area contributed by atoms with Crippen LogP contribution in [0.25, 0.3) is 11.3 Å². The lowest BCUT2D eigenvalue weighted by molar-refractivity contribution is -0.138. The van der Waals surface area contributed by atoms with Gasteiger partial charge in [0.05, 0.1) is 11.4 Å².